The second-order valence-electron chi connectivity index (χ2n) is 6.60. The first-order valence-corrected chi connectivity index (χ1v) is 10.4. The van der Waals surface area contributed by atoms with Crippen molar-refractivity contribution in [3.8, 4) is 11.5 Å². The molecule has 0 spiro atoms. The van der Waals surface area contributed by atoms with Gasteiger partial charge in [-0.15, -0.1) is 11.8 Å². The third-order valence-corrected chi connectivity index (χ3v) is 6.00. The third kappa shape index (κ3) is 4.42. The van der Waals surface area contributed by atoms with E-state index >= 15 is 0 Å². The van der Waals surface area contributed by atoms with E-state index in [2.05, 4.69) is 0 Å². The predicted molar refractivity (Wildman–Crippen MR) is 112 cm³/mol. The maximum atomic E-state index is 13.1. The number of carbonyl (C=O) groups excluding carboxylic acids is 1. The van der Waals surface area contributed by atoms with E-state index in [9.17, 15) is 18.0 Å². The number of benzene rings is 3. The monoisotopic (exact) mass is 449 g/mol. The summed E-state index contributed by atoms with van der Waals surface area (Å²) in [6.07, 6.45) is -4.44. The first-order valence-electron chi connectivity index (χ1n) is 8.95. The van der Waals surface area contributed by atoms with Crippen LogP contribution in [0.5, 0.6) is 11.5 Å². The summed E-state index contributed by atoms with van der Waals surface area (Å²) in [5, 5.41) is 0.0752. The molecule has 1 aliphatic heterocycles. The highest BCUT2D eigenvalue weighted by molar-refractivity contribution is 8.00. The highest BCUT2D eigenvalue weighted by Gasteiger charge is 2.36. The van der Waals surface area contributed by atoms with Gasteiger partial charge in [-0.1, -0.05) is 23.7 Å². The molecule has 154 valence electrons. The molecular weight excluding hydrogens is 435 g/mol. The maximum absolute atomic E-state index is 13.1. The van der Waals surface area contributed by atoms with Gasteiger partial charge < -0.3 is 4.74 Å². The molecule has 0 N–H and O–H groups in total. The largest absolute Gasteiger partial charge is 0.457 e. The van der Waals surface area contributed by atoms with Crippen molar-refractivity contribution < 1.29 is 22.7 Å². The molecule has 4 rings (SSSR count). The van der Waals surface area contributed by atoms with Crippen molar-refractivity contribution >= 4 is 35.0 Å². The molecule has 3 nitrogen and oxygen atoms in total. The van der Waals surface area contributed by atoms with Gasteiger partial charge in [0.15, 0.2) is 0 Å². The number of alkyl halides is 3. The van der Waals surface area contributed by atoms with Crippen LogP contribution >= 0.6 is 23.4 Å². The second kappa shape index (κ2) is 8.24. The van der Waals surface area contributed by atoms with Gasteiger partial charge in [0.1, 0.15) is 16.9 Å². The lowest BCUT2D eigenvalue weighted by molar-refractivity contribution is -0.137. The average molecular weight is 450 g/mol. The molecule has 30 heavy (non-hydrogen) atoms. The van der Waals surface area contributed by atoms with E-state index in [0.29, 0.717) is 27.8 Å². The Bertz CT molecular complexity index is 1060. The molecular formula is C22H15ClF3NO2S. The highest BCUT2D eigenvalue weighted by atomic mass is 35.5. The Kier molecular flexibility index (Phi) is 5.66. The van der Waals surface area contributed by atoms with E-state index in [-0.39, 0.29) is 11.7 Å². The Morgan fingerprint density at radius 1 is 0.967 bits per heavy atom. The number of halogens is 4. The van der Waals surface area contributed by atoms with E-state index in [4.69, 9.17) is 16.3 Å². The number of amides is 1. The zero-order chi connectivity index (χ0) is 21.3. The summed E-state index contributed by atoms with van der Waals surface area (Å²) in [4.78, 5) is 14.0. The minimum Gasteiger partial charge on any atom is -0.457 e. The number of carbonyl (C=O) groups is 1. The molecule has 0 unspecified atom stereocenters. The second-order valence-corrected chi connectivity index (χ2v) is 8.11. The zero-order valence-corrected chi connectivity index (χ0v) is 17.0. The van der Waals surface area contributed by atoms with Crippen LogP contribution in [0.3, 0.4) is 0 Å². The van der Waals surface area contributed by atoms with Gasteiger partial charge in [0.25, 0.3) is 0 Å². The standard InChI is InChI=1S/C22H15ClF3NO2S/c23-16-4-8-18(9-5-16)29-19-10-6-17(7-11-19)27-20(28)13-30-21(27)14-2-1-3-15(12-14)22(24,25)26/h1-12,21H,13H2/t21-/m1/s1. The Balaban J connectivity index is 1.57. The molecule has 3 aromatic carbocycles. The molecule has 3 aromatic rings. The number of thioether (sulfide) groups is 1. The van der Waals surface area contributed by atoms with Crippen molar-refractivity contribution in [2.45, 2.75) is 11.6 Å². The summed E-state index contributed by atoms with van der Waals surface area (Å²) in [6, 6.07) is 18.9. The van der Waals surface area contributed by atoms with Gasteiger partial charge in [-0.25, -0.2) is 0 Å². The fraction of sp³-hybridized carbons (Fsp3) is 0.136. The van der Waals surface area contributed by atoms with Crippen LogP contribution in [0, 0.1) is 0 Å². The first-order chi connectivity index (χ1) is 14.3. The van der Waals surface area contributed by atoms with Crippen molar-refractivity contribution in [2.75, 3.05) is 10.7 Å². The van der Waals surface area contributed by atoms with Crippen LogP contribution < -0.4 is 9.64 Å². The van der Waals surface area contributed by atoms with Gasteiger partial charge in [0.2, 0.25) is 5.91 Å². The van der Waals surface area contributed by atoms with Gasteiger partial charge in [0, 0.05) is 10.7 Å². The van der Waals surface area contributed by atoms with Crippen molar-refractivity contribution in [3.63, 3.8) is 0 Å². The number of ether oxygens (including phenoxy) is 1. The summed E-state index contributed by atoms with van der Waals surface area (Å²) in [6.45, 7) is 0. The van der Waals surface area contributed by atoms with Gasteiger partial charge in [0.05, 0.1) is 11.3 Å². The number of hydrogen-bond acceptors (Lipinski definition) is 3. The van der Waals surface area contributed by atoms with Crippen LogP contribution in [-0.4, -0.2) is 11.7 Å². The van der Waals surface area contributed by atoms with Crippen LogP contribution in [0.2, 0.25) is 5.02 Å². The van der Waals surface area contributed by atoms with Crippen molar-refractivity contribution in [1.82, 2.24) is 0 Å². The molecule has 1 fully saturated rings. The van der Waals surface area contributed by atoms with E-state index in [1.165, 1.54) is 22.7 Å². The molecule has 0 aliphatic carbocycles. The molecule has 1 aliphatic rings. The molecule has 0 radical (unpaired) electrons. The lowest BCUT2D eigenvalue weighted by atomic mass is 10.1. The third-order valence-electron chi connectivity index (χ3n) is 4.53. The molecule has 1 amide bonds. The van der Waals surface area contributed by atoms with Gasteiger partial charge in [-0.3, -0.25) is 9.69 Å². The Morgan fingerprint density at radius 2 is 1.60 bits per heavy atom. The van der Waals surface area contributed by atoms with Gasteiger partial charge >= 0.3 is 6.18 Å². The quantitative estimate of drug-likeness (QED) is 0.432. The minimum absolute atomic E-state index is 0.159. The average Bonchev–Trinajstić information content (AvgIpc) is 3.11. The molecule has 1 atom stereocenters. The fourth-order valence-corrected chi connectivity index (χ4v) is 4.42. The molecule has 1 heterocycles. The van der Waals surface area contributed by atoms with Crippen LogP contribution in [0.25, 0.3) is 0 Å². The number of rotatable bonds is 4. The lowest BCUT2D eigenvalue weighted by Gasteiger charge is -2.25. The minimum atomic E-state index is -4.44. The smallest absolute Gasteiger partial charge is 0.416 e. The zero-order valence-electron chi connectivity index (χ0n) is 15.4. The lowest BCUT2D eigenvalue weighted by Crippen LogP contribution is -2.27. The molecule has 0 bridgehead atoms. The number of nitrogens with zero attached hydrogens (tertiary/aromatic N) is 1. The van der Waals surface area contributed by atoms with Gasteiger partial charge in [-0.05, 0) is 66.2 Å². The maximum Gasteiger partial charge on any atom is 0.416 e. The molecule has 1 saturated heterocycles. The van der Waals surface area contributed by atoms with E-state index in [1.807, 2.05) is 0 Å². The normalized spacial score (nSPS) is 16.7. The first kappa shape index (κ1) is 20.6. The van der Waals surface area contributed by atoms with Crippen molar-refractivity contribution in [2.24, 2.45) is 0 Å². The van der Waals surface area contributed by atoms with E-state index in [0.717, 1.165) is 12.1 Å². The predicted octanol–water partition coefficient (Wildman–Crippen LogP) is 6.93. The Hall–Kier alpha value is -2.64. The van der Waals surface area contributed by atoms with Crippen LogP contribution in [0.15, 0.2) is 72.8 Å². The summed E-state index contributed by atoms with van der Waals surface area (Å²) in [5.41, 5.74) is 0.296. The summed E-state index contributed by atoms with van der Waals surface area (Å²) >= 11 is 7.16. The highest BCUT2D eigenvalue weighted by Crippen LogP contribution is 2.43. The fourth-order valence-electron chi connectivity index (χ4n) is 3.13. The number of hydrogen-bond donors (Lipinski definition) is 0. The summed E-state index contributed by atoms with van der Waals surface area (Å²) < 4.78 is 45.0. The van der Waals surface area contributed by atoms with E-state index < -0.39 is 17.1 Å². The van der Waals surface area contributed by atoms with Gasteiger partial charge in [-0.2, -0.15) is 13.2 Å². The van der Waals surface area contributed by atoms with Crippen LogP contribution in [-0.2, 0) is 11.0 Å². The van der Waals surface area contributed by atoms with Crippen LogP contribution in [0.4, 0.5) is 18.9 Å². The van der Waals surface area contributed by atoms with Crippen LogP contribution in [0.1, 0.15) is 16.5 Å². The Morgan fingerprint density at radius 3 is 2.23 bits per heavy atom. The summed E-state index contributed by atoms with van der Waals surface area (Å²) in [7, 11) is 0. The SMILES string of the molecule is O=C1CS[C@H](c2cccc(C(F)(F)F)c2)N1c1ccc(Oc2ccc(Cl)cc2)cc1. The number of anilines is 1. The Labute approximate surface area is 180 Å². The molecule has 0 aromatic heterocycles. The topological polar surface area (TPSA) is 29.5 Å². The van der Waals surface area contributed by atoms with Crippen molar-refractivity contribution in [3.05, 3.63) is 88.9 Å². The van der Waals surface area contributed by atoms with Crippen molar-refractivity contribution in [1.29, 1.82) is 0 Å². The van der Waals surface area contributed by atoms with E-state index in [1.54, 1.807) is 54.6 Å². The summed E-state index contributed by atoms with van der Waals surface area (Å²) in [5.74, 6) is 1.22. The molecule has 8 heteroatoms. The molecule has 0 saturated carbocycles.